The van der Waals surface area contributed by atoms with Crippen LogP contribution in [-0.2, 0) is 11.8 Å². The number of anilines is 1. The molecule has 3 heterocycles. The van der Waals surface area contributed by atoms with Gasteiger partial charge in [0.1, 0.15) is 5.82 Å². The summed E-state index contributed by atoms with van der Waals surface area (Å²) < 4.78 is 36.1. The molecule has 2 aromatic heterocycles. The SMILES string of the molecule is COCCN1CC(NC(=O)Nc2c(C)c(-c3ccn(C)c(=O)c3)nn2-c2ccccc2)C(c2ccc(F)c(F)c2)C1. The summed E-state index contributed by atoms with van der Waals surface area (Å²) in [5.74, 6) is -1.65. The number of carbonyl (C=O) groups excluding carboxylic acids is 1. The number of halogens is 2. The standard InChI is InChI=1S/C30H32F2N6O3/c1-19-28(21-11-12-36(2)27(39)16-21)35-38(22-7-5-4-6-8-22)29(19)34-30(40)33-26-18-37(13-14-41-3)17-23(26)20-9-10-24(31)25(32)15-20/h4-12,15-16,23,26H,13-14,17-18H2,1-3H3,(H2,33,34,40). The summed E-state index contributed by atoms with van der Waals surface area (Å²) in [5, 5.41) is 10.8. The van der Waals surface area contributed by atoms with E-state index in [1.54, 1.807) is 37.2 Å². The Labute approximate surface area is 236 Å². The van der Waals surface area contributed by atoms with Crippen molar-refractivity contribution in [3.63, 3.8) is 0 Å². The van der Waals surface area contributed by atoms with Gasteiger partial charge >= 0.3 is 6.03 Å². The van der Waals surface area contributed by atoms with E-state index in [0.717, 1.165) is 11.8 Å². The lowest BCUT2D eigenvalue weighted by atomic mass is 9.94. The van der Waals surface area contributed by atoms with Crippen molar-refractivity contribution in [3.05, 3.63) is 100.0 Å². The Hall–Kier alpha value is -4.35. The highest BCUT2D eigenvalue weighted by Gasteiger charge is 2.35. The molecule has 2 atom stereocenters. The van der Waals surface area contributed by atoms with Gasteiger partial charge in [-0.3, -0.25) is 15.0 Å². The molecule has 4 aromatic rings. The minimum Gasteiger partial charge on any atom is -0.383 e. The fourth-order valence-corrected chi connectivity index (χ4v) is 5.20. The lowest BCUT2D eigenvalue weighted by Crippen LogP contribution is -2.42. The van der Waals surface area contributed by atoms with Crippen LogP contribution >= 0.6 is 0 Å². The summed E-state index contributed by atoms with van der Waals surface area (Å²) >= 11 is 0. The van der Waals surface area contributed by atoms with Crippen LogP contribution in [-0.4, -0.2) is 64.7 Å². The highest BCUT2D eigenvalue weighted by atomic mass is 19.2. The first-order valence-corrected chi connectivity index (χ1v) is 13.3. The maximum absolute atomic E-state index is 14.1. The fraction of sp³-hybridized carbons (Fsp3) is 0.300. The van der Waals surface area contributed by atoms with E-state index in [2.05, 4.69) is 15.5 Å². The average molecular weight is 563 g/mol. The van der Waals surface area contributed by atoms with Crippen LogP contribution in [0, 0.1) is 18.6 Å². The summed E-state index contributed by atoms with van der Waals surface area (Å²) in [5.41, 5.74) is 3.04. The van der Waals surface area contributed by atoms with Gasteiger partial charge in [0.15, 0.2) is 11.6 Å². The lowest BCUT2D eigenvalue weighted by molar-refractivity contribution is 0.159. The number of aromatic nitrogens is 3. The smallest absolute Gasteiger partial charge is 0.320 e. The van der Waals surface area contributed by atoms with E-state index in [-0.39, 0.29) is 17.5 Å². The Kier molecular flexibility index (Phi) is 8.27. The van der Waals surface area contributed by atoms with Gasteiger partial charge in [0, 0.05) is 63.1 Å². The van der Waals surface area contributed by atoms with Gasteiger partial charge in [-0.15, -0.1) is 0 Å². The van der Waals surface area contributed by atoms with Crippen LogP contribution in [0.15, 0.2) is 71.7 Å². The van der Waals surface area contributed by atoms with Crippen LogP contribution in [0.5, 0.6) is 0 Å². The predicted octanol–water partition coefficient (Wildman–Crippen LogP) is 4.06. The summed E-state index contributed by atoms with van der Waals surface area (Å²) in [6, 6.07) is 15.7. The van der Waals surface area contributed by atoms with E-state index in [1.807, 2.05) is 37.3 Å². The van der Waals surface area contributed by atoms with Crippen LogP contribution in [0.25, 0.3) is 16.9 Å². The van der Waals surface area contributed by atoms with Gasteiger partial charge < -0.3 is 14.6 Å². The number of rotatable bonds is 8. The largest absolute Gasteiger partial charge is 0.383 e. The number of benzene rings is 2. The topological polar surface area (TPSA) is 93.4 Å². The monoisotopic (exact) mass is 562 g/mol. The molecule has 1 fully saturated rings. The summed E-state index contributed by atoms with van der Waals surface area (Å²) in [6.07, 6.45) is 1.67. The van der Waals surface area contributed by atoms with Crippen LogP contribution in [0.4, 0.5) is 19.4 Å². The van der Waals surface area contributed by atoms with Crippen LogP contribution in [0.3, 0.4) is 0 Å². The number of hydrogen-bond donors (Lipinski definition) is 2. The summed E-state index contributed by atoms with van der Waals surface area (Å²) in [4.78, 5) is 27.9. The van der Waals surface area contributed by atoms with Crippen molar-refractivity contribution in [1.29, 1.82) is 0 Å². The van der Waals surface area contributed by atoms with Crippen molar-refractivity contribution < 1.29 is 18.3 Å². The molecular weight excluding hydrogens is 530 g/mol. The van der Waals surface area contributed by atoms with Gasteiger partial charge in [-0.2, -0.15) is 5.10 Å². The van der Waals surface area contributed by atoms with Crippen LogP contribution < -0.4 is 16.2 Å². The number of nitrogens with one attached hydrogen (secondary N) is 2. The maximum Gasteiger partial charge on any atom is 0.320 e. The zero-order valence-corrected chi connectivity index (χ0v) is 23.1. The summed E-state index contributed by atoms with van der Waals surface area (Å²) in [6.45, 7) is 4.03. The van der Waals surface area contributed by atoms with Gasteiger partial charge in [-0.25, -0.2) is 18.3 Å². The number of urea groups is 1. The quantitative estimate of drug-likeness (QED) is 0.338. The molecule has 1 aliphatic heterocycles. The number of nitrogens with zero attached hydrogens (tertiary/aromatic N) is 4. The molecule has 2 N–H and O–H groups in total. The van der Waals surface area contributed by atoms with Crippen LogP contribution in [0.2, 0.25) is 0 Å². The van der Waals surface area contributed by atoms with E-state index in [4.69, 9.17) is 9.84 Å². The molecule has 2 aromatic carbocycles. The van der Waals surface area contributed by atoms with E-state index in [0.29, 0.717) is 54.4 Å². The number of likely N-dealkylation sites (tertiary alicyclic amines) is 1. The van der Waals surface area contributed by atoms with Crippen molar-refractivity contribution in [3.8, 4) is 16.9 Å². The molecule has 214 valence electrons. The number of hydrogen-bond acceptors (Lipinski definition) is 5. The first-order chi connectivity index (χ1) is 19.7. The van der Waals surface area contributed by atoms with Crippen molar-refractivity contribution in [2.45, 2.75) is 18.9 Å². The van der Waals surface area contributed by atoms with Crippen molar-refractivity contribution in [2.24, 2.45) is 7.05 Å². The molecule has 2 amide bonds. The molecule has 0 bridgehead atoms. The third-order valence-electron chi connectivity index (χ3n) is 7.43. The number of pyridine rings is 1. The number of carbonyl (C=O) groups is 1. The molecule has 0 spiro atoms. The number of aryl methyl sites for hydroxylation is 1. The zero-order valence-electron chi connectivity index (χ0n) is 23.1. The summed E-state index contributed by atoms with van der Waals surface area (Å²) in [7, 11) is 3.29. The molecule has 2 unspecified atom stereocenters. The van der Waals surface area contributed by atoms with Gasteiger partial charge in [-0.05, 0) is 42.8 Å². The fourth-order valence-electron chi connectivity index (χ4n) is 5.20. The highest BCUT2D eigenvalue weighted by Crippen LogP contribution is 2.31. The predicted molar refractivity (Wildman–Crippen MR) is 152 cm³/mol. The molecule has 1 aliphatic rings. The van der Waals surface area contributed by atoms with Crippen molar-refractivity contribution >= 4 is 11.8 Å². The molecule has 41 heavy (non-hydrogen) atoms. The van der Waals surface area contributed by atoms with Gasteiger partial charge in [-0.1, -0.05) is 24.3 Å². The van der Waals surface area contributed by atoms with Crippen molar-refractivity contribution in [1.82, 2.24) is 24.6 Å². The van der Waals surface area contributed by atoms with E-state index >= 15 is 0 Å². The molecule has 1 saturated heterocycles. The maximum atomic E-state index is 14.1. The second-order valence-corrected chi connectivity index (χ2v) is 10.2. The van der Waals surface area contributed by atoms with E-state index < -0.39 is 17.7 Å². The lowest BCUT2D eigenvalue weighted by Gasteiger charge is -2.21. The third-order valence-corrected chi connectivity index (χ3v) is 7.43. The van der Waals surface area contributed by atoms with E-state index in [9.17, 15) is 18.4 Å². The highest BCUT2D eigenvalue weighted by molar-refractivity contribution is 5.91. The van der Waals surface area contributed by atoms with Crippen LogP contribution in [0.1, 0.15) is 17.0 Å². The molecule has 9 nitrogen and oxygen atoms in total. The average Bonchev–Trinajstić information content (AvgIpc) is 3.51. The Bertz CT molecular complexity index is 1600. The Morgan fingerprint density at radius 3 is 2.56 bits per heavy atom. The normalized spacial score (nSPS) is 17.1. The minimum absolute atomic E-state index is 0.175. The van der Waals surface area contributed by atoms with E-state index in [1.165, 1.54) is 16.7 Å². The Morgan fingerprint density at radius 1 is 1.07 bits per heavy atom. The number of ether oxygens (including phenoxy) is 1. The second kappa shape index (κ2) is 12.0. The molecular formula is C30H32F2N6O3. The Morgan fingerprint density at radius 2 is 1.85 bits per heavy atom. The third kappa shape index (κ3) is 6.06. The second-order valence-electron chi connectivity index (χ2n) is 10.2. The minimum atomic E-state index is -0.924. The number of amides is 2. The molecule has 5 rings (SSSR count). The molecule has 11 heteroatoms. The van der Waals surface area contributed by atoms with Gasteiger partial charge in [0.25, 0.3) is 5.56 Å². The van der Waals surface area contributed by atoms with Crippen molar-refractivity contribution in [2.75, 3.05) is 38.7 Å². The number of methoxy groups -OCH3 is 1. The Balaban J connectivity index is 1.44. The first-order valence-electron chi connectivity index (χ1n) is 13.3. The zero-order chi connectivity index (χ0) is 29.1. The van der Waals surface area contributed by atoms with Gasteiger partial charge in [0.2, 0.25) is 0 Å². The number of para-hydroxylation sites is 1. The molecule has 0 saturated carbocycles. The molecule has 0 radical (unpaired) electrons. The van der Waals surface area contributed by atoms with Gasteiger partial charge in [0.05, 0.1) is 24.0 Å². The molecule has 0 aliphatic carbocycles. The first kappa shape index (κ1) is 28.2.